The van der Waals surface area contributed by atoms with Crippen LogP contribution in [0.15, 0.2) is 48.8 Å². The van der Waals surface area contributed by atoms with Gasteiger partial charge in [0.25, 0.3) is 5.91 Å². The number of halogens is 1. The highest BCUT2D eigenvalue weighted by atomic mass is 19.1. The van der Waals surface area contributed by atoms with E-state index in [4.69, 9.17) is 9.47 Å². The predicted octanol–water partition coefficient (Wildman–Crippen LogP) is 3.87. The van der Waals surface area contributed by atoms with Crippen LogP contribution < -0.4 is 0 Å². The van der Waals surface area contributed by atoms with E-state index in [-0.39, 0.29) is 23.7 Å². The highest BCUT2D eigenvalue weighted by molar-refractivity contribution is 5.94. The van der Waals surface area contributed by atoms with Crippen LogP contribution in [0.1, 0.15) is 42.3 Å². The van der Waals surface area contributed by atoms with Crippen LogP contribution in [0.25, 0.3) is 0 Å². The van der Waals surface area contributed by atoms with Gasteiger partial charge in [0, 0.05) is 18.9 Å². The largest absolute Gasteiger partial charge is 0.370 e. The third-order valence-electron chi connectivity index (χ3n) is 6.02. The van der Waals surface area contributed by atoms with Gasteiger partial charge in [-0.05, 0) is 48.1 Å². The number of benzene rings is 1. The highest BCUT2D eigenvalue weighted by Crippen LogP contribution is 2.44. The van der Waals surface area contributed by atoms with Crippen molar-refractivity contribution in [3.8, 4) is 0 Å². The zero-order chi connectivity index (χ0) is 20.4. The van der Waals surface area contributed by atoms with Crippen LogP contribution in [0.5, 0.6) is 0 Å². The van der Waals surface area contributed by atoms with Crippen LogP contribution >= 0.6 is 0 Å². The number of carbonyl (C=O) groups is 1. The summed E-state index contributed by atoms with van der Waals surface area (Å²) in [7, 11) is 0. The second-order valence-corrected chi connectivity index (χ2v) is 8.40. The van der Waals surface area contributed by atoms with Gasteiger partial charge in [0.05, 0.1) is 31.4 Å². The van der Waals surface area contributed by atoms with Crippen LogP contribution in [-0.4, -0.2) is 47.7 Å². The first kappa shape index (κ1) is 20.0. The van der Waals surface area contributed by atoms with Crippen molar-refractivity contribution in [2.45, 2.75) is 32.0 Å². The van der Waals surface area contributed by atoms with Crippen molar-refractivity contribution in [2.75, 3.05) is 26.3 Å². The maximum atomic E-state index is 13.4. The van der Waals surface area contributed by atoms with Gasteiger partial charge in [0.15, 0.2) is 0 Å². The van der Waals surface area contributed by atoms with E-state index >= 15 is 0 Å². The van der Waals surface area contributed by atoms with Gasteiger partial charge in [-0.25, -0.2) is 4.39 Å². The average Bonchev–Trinajstić information content (AvgIpc) is 2.74. The molecule has 0 unspecified atom stereocenters. The predicted molar refractivity (Wildman–Crippen MR) is 107 cm³/mol. The Morgan fingerprint density at radius 2 is 2.07 bits per heavy atom. The third-order valence-corrected chi connectivity index (χ3v) is 6.02. The number of amides is 1. The lowest BCUT2D eigenvalue weighted by molar-refractivity contribution is -0.204. The maximum Gasteiger partial charge on any atom is 0.255 e. The van der Waals surface area contributed by atoms with Gasteiger partial charge in [-0.3, -0.25) is 9.78 Å². The van der Waals surface area contributed by atoms with Gasteiger partial charge < -0.3 is 14.4 Å². The normalized spacial score (nSPS) is 27.4. The van der Waals surface area contributed by atoms with E-state index in [0.29, 0.717) is 37.8 Å². The van der Waals surface area contributed by atoms with Gasteiger partial charge in [0.2, 0.25) is 0 Å². The second kappa shape index (κ2) is 8.20. The zero-order valence-electron chi connectivity index (χ0n) is 16.9. The molecule has 0 saturated carbocycles. The van der Waals surface area contributed by atoms with Crippen LogP contribution in [-0.2, 0) is 9.47 Å². The third kappa shape index (κ3) is 4.19. The van der Waals surface area contributed by atoms with Gasteiger partial charge in [-0.2, -0.15) is 0 Å². The van der Waals surface area contributed by atoms with E-state index in [2.05, 4.69) is 18.8 Å². The molecular weight excluding hydrogens is 371 g/mol. The number of carbonyl (C=O) groups excluding carboxylic acids is 1. The summed E-state index contributed by atoms with van der Waals surface area (Å²) in [5, 5.41) is 0. The molecule has 0 bridgehead atoms. The Labute approximate surface area is 170 Å². The minimum absolute atomic E-state index is 0.0254. The molecule has 1 aromatic heterocycles. The Hall–Kier alpha value is -2.31. The molecule has 4 rings (SSSR count). The fourth-order valence-electron chi connectivity index (χ4n) is 4.44. The van der Waals surface area contributed by atoms with E-state index in [1.807, 2.05) is 4.90 Å². The topological polar surface area (TPSA) is 51.7 Å². The molecule has 2 aliphatic heterocycles. The summed E-state index contributed by atoms with van der Waals surface area (Å²) < 4.78 is 25.9. The maximum absolute atomic E-state index is 13.4. The Morgan fingerprint density at radius 3 is 2.76 bits per heavy atom. The van der Waals surface area contributed by atoms with Gasteiger partial charge in [0.1, 0.15) is 11.4 Å². The number of nitrogens with zero attached hydrogens (tertiary/aromatic N) is 2. The summed E-state index contributed by atoms with van der Waals surface area (Å²) in [6.07, 6.45) is 3.96. The first-order valence-corrected chi connectivity index (χ1v) is 10.2. The Bertz CT molecular complexity index is 843. The summed E-state index contributed by atoms with van der Waals surface area (Å²) in [5.41, 5.74) is 1.06. The lowest BCUT2D eigenvalue weighted by Gasteiger charge is -2.50. The zero-order valence-corrected chi connectivity index (χ0v) is 16.9. The Balaban J connectivity index is 1.52. The minimum Gasteiger partial charge on any atom is -0.370 e. The molecule has 3 atom stereocenters. The summed E-state index contributed by atoms with van der Waals surface area (Å²) in [6.45, 7) is 6.30. The van der Waals surface area contributed by atoms with Crippen molar-refractivity contribution in [1.29, 1.82) is 0 Å². The number of ether oxygens (including phenoxy) is 2. The molecule has 0 radical (unpaired) electrons. The van der Waals surface area contributed by atoms with Crippen molar-refractivity contribution in [3.05, 3.63) is 65.7 Å². The van der Waals surface area contributed by atoms with E-state index < -0.39 is 5.60 Å². The number of hydrogen-bond donors (Lipinski definition) is 0. The van der Waals surface area contributed by atoms with Crippen molar-refractivity contribution in [2.24, 2.45) is 11.8 Å². The molecule has 1 aromatic carbocycles. The van der Waals surface area contributed by atoms with Crippen LogP contribution in [0.3, 0.4) is 0 Å². The molecule has 0 N–H and O–H groups in total. The van der Waals surface area contributed by atoms with E-state index in [0.717, 1.165) is 12.0 Å². The van der Waals surface area contributed by atoms with Gasteiger partial charge >= 0.3 is 0 Å². The molecule has 3 heterocycles. The quantitative estimate of drug-likeness (QED) is 0.788. The SMILES string of the molecule is CC(C)[C@@H]1C[C@@]2(CO[C@H]1c1ccc(F)cc1)CN(C(=O)c1cccnc1)CCO2. The van der Waals surface area contributed by atoms with Crippen molar-refractivity contribution in [1.82, 2.24) is 9.88 Å². The molecule has 2 saturated heterocycles. The fraction of sp³-hybridized carbons (Fsp3) is 0.478. The Kier molecular flexibility index (Phi) is 5.65. The van der Waals surface area contributed by atoms with Gasteiger partial charge in [-0.1, -0.05) is 26.0 Å². The van der Waals surface area contributed by atoms with Crippen LogP contribution in [0.2, 0.25) is 0 Å². The number of rotatable bonds is 3. The lowest BCUT2D eigenvalue weighted by atomic mass is 9.75. The van der Waals surface area contributed by atoms with Crippen molar-refractivity contribution >= 4 is 5.91 Å². The first-order chi connectivity index (χ1) is 14.0. The number of morpholine rings is 1. The second-order valence-electron chi connectivity index (χ2n) is 8.40. The molecule has 1 amide bonds. The average molecular weight is 398 g/mol. The van der Waals surface area contributed by atoms with Gasteiger partial charge in [-0.15, -0.1) is 0 Å². The Morgan fingerprint density at radius 1 is 1.28 bits per heavy atom. The highest BCUT2D eigenvalue weighted by Gasteiger charge is 2.47. The molecule has 2 fully saturated rings. The van der Waals surface area contributed by atoms with Crippen molar-refractivity contribution in [3.63, 3.8) is 0 Å². The lowest BCUT2D eigenvalue weighted by Crippen LogP contribution is -2.59. The molecule has 2 aliphatic rings. The molecule has 154 valence electrons. The van der Waals surface area contributed by atoms with E-state index in [9.17, 15) is 9.18 Å². The minimum atomic E-state index is -0.512. The molecule has 29 heavy (non-hydrogen) atoms. The van der Waals surface area contributed by atoms with E-state index in [1.54, 1.807) is 36.7 Å². The molecule has 1 spiro atoms. The molecule has 5 nitrogen and oxygen atoms in total. The first-order valence-electron chi connectivity index (χ1n) is 10.2. The summed E-state index contributed by atoms with van der Waals surface area (Å²) in [4.78, 5) is 18.8. The van der Waals surface area contributed by atoms with Crippen LogP contribution in [0.4, 0.5) is 4.39 Å². The molecular formula is C23H27FN2O3. The summed E-state index contributed by atoms with van der Waals surface area (Å²) in [6, 6.07) is 10.1. The van der Waals surface area contributed by atoms with E-state index in [1.165, 1.54) is 12.1 Å². The molecule has 2 aromatic rings. The molecule has 6 heteroatoms. The standard InChI is InChI=1S/C23H27FN2O3/c1-16(2)20-12-23(15-28-21(20)17-5-7-19(24)8-6-17)14-26(10-11-29-23)22(27)18-4-3-9-25-13-18/h3-9,13,16,20-21H,10-12,14-15H2,1-2H3/t20-,21-,23-/m0/s1. The summed E-state index contributed by atoms with van der Waals surface area (Å²) in [5.74, 6) is 0.294. The molecule has 0 aliphatic carbocycles. The number of pyridine rings is 1. The smallest absolute Gasteiger partial charge is 0.255 e. The fourth-order valence-corrected chi connectivity index (χ4v) is 4.44. The van der Waals surface area contributed by atoms with Crippen molar-refractivity contribution < 1.29 is 18.7 Å². The number of hydrogen-bond acceptors (Lipinski definition) is 4. The number of aromatic nitrogens is 1. The monoisotopic (exact) mass is 398 g/mol. The summed E-state index contributed by atoms with van der Waals surface area (Å²) >= 11 is 0. The van der Waals surface area contributed by atoms with Crippen LogP contribution in [0, 0.1) is 17.7 Å².